The summed E-state index contributed by atoms with van der Waals surface area (Å²) in [5.74, 6) is 1.94. The Morgan fingerprint density at radius 1 is 1.13 bits per heavy atom. The van der Waals surface area contributed by atoms with Crippen LogP contribution in [0.2, 0.25) is 22.2 Å². The van der Waals surface area contributed by atoms with Gasteiger partial charge in [0.1, 0.15) is 24.9 Å². The molecule has 3 rings (SSSR count). The van der Waals surface area contributed by atoms with E-state index in [4.69, 9.17) is 28.9 Å². The molecule has 2 aliphatic rings. The van der Waals surface area contributed by atoms with Crippen molar-refractivity contribution >= 4 is 23.0 Å². The molecule has 2 fully saturated rings. The van der Waals surface area contributed by atoms with Gasteiger partial charge < -0.3 is 27.8 Å². The molecule has 1 aromatic heterocycles. The van der Waals surface area contributed by atoms with E-state index >= 15 is 0 Å². The van der Waals surface area contributed by atoms with Gasteiger partial charge >= 0.3 is 22.8 Å². The van der Waals surface area contributed by atoms with Crippen molar-refractivity contribution in [2.75, 3.05) is 19.8 Å². The van der Waals surface area contributed by atoms with Crippen molar-refractivity contribution in [3.63, 3.8) is 0 Å². The van der Waals surface area contributed by atoms with Crippen molar-refractivity contribution in [1.82, 2.24) is 14.9 Å². The highest BCUT2D eigenvalue weighted by atomic mass is 28.5. The minimum absolute atomic E-state index is 0.0543. The summed E-state index contributed by atoms with van der Waals surface area (Å²) in [6, 6.07) is 1.24. The molecule has 4 atom stereocenters. The van der Waals surface area contributed by atoms with E-state index in [2.05, 4.69) is 71.6 Å². The number of ether oxygens (including phenoxy) is 2. The monoisotopic (exact) mass is 581 g/mol. The molecule has 3 heterocycles. The molecular formula is C26H43N3O8Si2. The molecule has 2 aliphatic heterocycles. The minimum Gasteiger partial charge on any atom is -0.414 e. The quantitative estimate of drug-likeness (QED) is 0.336. The van der Waals surface area contributed by atoms with E-state index < -0.39 is 58.8 Å². The van der Waals surface area contributed by atoms with Crippen LogP contribution in [0.3, 0.4) is 0 Å². The number of amides is 1. The van der Waals surface area contributed by atoms with Gasteiger partial charge in [-0.25, -0.2) is 4.79 Å². The van der Waals surface area contributed by atoms with Crippen LogP contribution in [0.25, 0.3) is 0 Å². The first-order valence-corrected chi connectivity index (χ1v) is 17.5. The summed E-state index contributed by atoms with van der Waals surface area (Å²) in [7, 11) is -5.85. The standard InChI is InChI=1S/C26H43N3O8Si2/c1-10-12-27-22(31)15-33-24-23-20(35-25(24)29-13-11-21(30)28-26(29)32)14-34-38(16(2)3,17(4)5)37-39(36-23,18(6)7)19(8)9/h1,11,13,16-20,23-25H,12,14-15H2,2-9H3,(H,27,31)(H,28,30,32)/t20-,23+,24?,25-/m1/s1. The fourth-order valence-corrected chi connectivity index (χ4v) is 16.7. The molecule has 0 aliphatic carbocycles. The van der Waals surface area contributed by atoms with Gasteiger partial charge in [0.05, 0.1) is 13.2 Å². The van der Waals surface area contributed by atoms with Crippen LogP contribution < -0.4 is 16.6 Å². The number of aromatic nitrogens is 2. The number of H-pyrrole nitrogens is 1. The number of hydrogen-bond donors (Lipinski definition) is 2. The van der Waals surface area contributed by atoms with Gasteiger partial charge in [-0.2, -0.15) is 0 Å². The molecule has 0 spiro atoms. The zero-order chi connectivity index (χ0) is 29.1. The summed E-state index contributed by atoms with van der Waals surface area (Å²) >= 11 is 0. The molecule has 11 nitrogen and oxygen atoms in total. The number of nitrogens with one attached hydrogen (secondary N) is 2. The van der Waals surface area contributed by atoms with Crippen LogP contribution >= 0.6 is 0 Å². The largest absolute Gasteiger partial charge is 0.414 e. The Hall–Kier alpha value is -2.06. The lowest BCUT2D eigenvalue weighted by molar-refractivity contribution is -0.132. The van der Waals surface area contributed by atoms with Crippen LogP contribution in [0.4, 0.5) is 0 Å². The Morgan fingerprint density at radius 3 is 2.28 bits per heavy atom. The molecule has 1 aromatic rings. The van der Waals surface area contributed by atoms with Crippen LogP contribution in [0.15, 0.2) is 21.9 Å². The normalized spacial score (nSPS) is 26.3. The fraction of sp³-hybridized carbons (Fsp3) is 0.731. The average molecular weight is 582 g/mol. The third-order valence-corrected chi connectivity index (χ3v) is 17.8. The summed E-state index contributed by atoms with van der Waals surface area (Å²) in [5.41, 5.74) is -0.790. The Bertz CT molecular complexity index is 1140. The number of hydrogen-bond acceptors (Lipinski definition) is 8. The summed E-state index contributed by atoms with van der Waals surface area (Å²) in [6.45, 7) is 16.8. The number of aromatic amines is 1. The second-order valence-electron chi connectivity index (χ2n) is 11.4. The van der Waals surface area contributed by atoms with Gasteiger partial charge in [-0.15, -0.1) is 6.42 Å². The predicted molar refractivity (Wildman–Crippen MR) is 151 cm³/mol. The van der Waals surface area contributed by atoms with E-state index in [-0.39, 0.29) is 41.9 Å². The highest BCUT2D eigenvalue weighted by Crippen LogP contribution is 2.48. The van der Waals surface area contributed by atoms with Gasteiger partial charge in [-0.1, -0.05) is 61.3 Å². The third-order valence-electron chi connectivity index (χ3n) is 7.54. The summed E-state index contributed by atoms with van der Waals surface area (Å²) < 4.78 is 34.9. The number of fused-ring (bicyclic) bond motifs is 1. The molecule has 0 radical (unpaired) electrons. The average Bonchev–Trinajstić information content (AvgIpc) is 3.16. The molecule has 1 unspecified atom stereocenters. The molecule has 1 amide bonds. The second-order valence-corrected chi connectivity index (χ2v) is 20.2. The van der Waals surface area contributed by atoms with Gasteiger partial charge in [0.2, 0.25) is 5.91 Å². The Balaban J connectivity index is 2.11. The van der Waals surface area contributed by atoms with E-state index in [1.807, 2.05) is 0 Å². The van der Waals surface area contributed by atoms with Crippen LogP contribution in [0.1, 0.15) is 61.6 Å². The smallest absolute Gasteiger partial charge is 0.335 e. The molecule has 0 bridgehead atoms. The van der Waals surface area contributed by atoms with E-state index in [0.29, 0.717) is 0 Å². The Kier molecular flexibility index (Phi) is 10.2. The Morgan fingerprint density at radius 2 is 1.74 bits per heavy atom. The minimum atomic E-state index is -3.03. The van der Waals surface area contributed by atoms with Crippen molar-refractivity contribution in [3.05, 3.63) is 33.1 Å². The molecule has 0 saturated carbocycles. The maximum atomic E-state index is 12.8. The zero-order valence-electron chi connectivity index (χ0n) is 24.2. The lowest BCUT2D eigenvalue weighted by Gasteiger charge is -2.51. The summed E-state index contributed by atoms with van der Waals surface area (Å²) in [5, 5.41) is 2.58. The highest BCUT2D eigenvalue weighted by molar-refractivity contribution is 6.84. The van der Waals surface area contributed by atoms with E-state index in [1.165, 1.54) is 16.8 Å². The number of rotatable bonds is 9. The summed E-state index contributed by atoms with van der Waals surface area (Å²) in [6.07, 6.45) is 3.46. The number of carbonyl (C=O) groups excluding carboxylic acids is 1. The van der Waals surface area contributed by atoms with Crippen molar-refractivity contribution in [2.45, 2.75) is 102 Å². The number of terminal acetylenes is 1. The lowest BCUT2D eigenvalue weighted by atomic mass is 10.1. The third kappa shape index (κ3) is 6.32. The highest BCUT2D eigenvalue weighted by Gasteiger charge is 2.62. The van der Waals surface area contributed by atoms with Gasteiger partial charge in [-0.3, -0.25) is 19.1 Å². The van der Waals surface area contributed by atoms with Crippen molar-refractivity contribution < 1.29 is 27.2 Å². The zero-order valence-corrected chi connectivity index (χ0v) is 26.2. The number of carbonyl (C=O) groups is 1. The van der Waals surface area contributed by atoms with Crippen LogP contribution in [0.5, 0.6) is 0 Å². The fourth-order valence-electron chi connectivity index (χ4n) is 5.52. The Labute approximate surface area is 232 Å². The molecule has 13 heteroatoms. The van der Waals surface area contributed by atoms with E-state index in [0.717, 1.165) is 0 Å². The second kappa shape index (κ2) is 12.6. The van der Waals surface area contributed by atoms with E-state index in [9.17, 15) is 14.4 Å². The van der Waals surface area contributed by atoms with Crippen LogP contribution in [-0.2, 0) is 27.2 Å². The maximum absolute atomic E-state index is 12.8. The van der Waals surface area contributed by atoms with Gasteiger partial charge in [0.25, 0.3) is 5.56 Å². The first kappa shape index (κ1) is 31.5. The van der Waals surface area contributed by atoms with Gasteiger partial charge in [0, 0.05) is 12.3 Å². The molecular weight excluding hydrogens is 538 g/mol. The maximum Gasteiger partial charge on any atom is 0.335 e. The number of nitrogens with zero attached hydrogens (tertiary/aromatic N) is 1. The topological polar surface area (TPSA) is 130 Å². The predicted octanol–water partition coefficient (Wildman–Crippen LogP) is 2.52. The lowest BCUT2D eigenvalue weighted by Crippen LogP contribution is -2.66. The van der Waals surface area contributed by atoms with Gasteiger partial charge in [-0.05, 0) is 22.2 Å². The van der Waals surface area contributed by atoms with Crippen molar-refractivity contribution in [3.8, 4) is 12.3 Å². The first-order valence-electron chi connectivity index (χ1n) is 13.6. The molecule has 218 valence electrons. The molecule has 39 heavy (non-hydrogen) atoms. The van der Waals surface area contributed by atoms with Crippen molar-refractivity contribution in [1.29, 1.82) is 0 Å². The molecule has 2 saturated heterocycles. The summed E-state index contributed by atoms with van der Waals surface area (Å²) in [4.78, 5) is 39.3. The SMILES string of the molecule is C#CCNC(=O)COC1[C@H]2O[Si](C(C)C)(C(C)C)O[Si](C(C)C)(C(C)C)OC[C@H]2O[C@H]1n1ccc(=O)[nH]c1=O. The van der Waals surface area contributed by atoms with Crippen LogP contribution in [0, 0.1) is 12.3 Å². The van der Waals surface area contributed by atoms with Crippen molar-refractivity contribution in [2.24, 2.45) is 0 Å². The first-order chi connectivity index (χ1) is 18.3. The van der Waals surface area contributed by atoms with Gasteiger partial charge in [0.15, 0.2) is 6.23 Å². The van der Waals surface area contributed by atoms with Crippen LogP contribution in [-0.4, -0.2) is 70.7 Å². The molecule has 0 aromatic carbocycles. The van der Waals surface area contributed by atoms with E-state index in [1.54, 1.807) is 0 Å². The molecule has 2 N–H and O–H groups in total.